The Hall–Kier alpha value is -1.35. The quantitative estimate of drug-likeness (QED) is 0.766. The predicted molar refractivity (Wildman–Crippen MR) is 72.2 cm³/mol. The van der Waals surface area contributed by atoms with Gasteiger partial charge in [-0.1, -0.05) is 0 Å². The number of methoxy groups -OCH3 is 1. The Balaban J connectivity index is 2.09. The molecule has 2 rings (SSSR count). The molecule has 1 aliphatic rings. The van der Waals surface area contributed by atoms with E-state index in [1.165, 1.54) is 12.8 Å². The van der Waals surface area contributed by atoms with Crippen molar-refractivity contribution in [1.82, 2.24) is 4.90 Å². The van der Waals surface area contributed by atoms with Crippen molar-refractivity contribution < 1.29 is 9.53 Å². The highest BCUT2D eigenvalue weighted by atomic mass is 16.5. The molecule has 0 saturated carbocycles. The second-order valence-corrected chi connectivity index (χ2v) is 5.00. The van der Waals surface area contributed by atoms with Crippen LogP contribution in [0.2, 0.25) is 0 Å². The highest BCUT2D eigenvalue weighted by Crippen LogP contribution is 2.22. The van der Waals surface area contributed by atoms with Crippen LogP contribution < -0.4 is 4.74 Å². The number of hydrogen-bond donors (Lipinski definition) is 0. The minimum absolute atomic E-state index is 0.0316. The van der Waals surface area contributed by atoms with Crippen molar-refractivity contribution in [3.8, 4) is 5.75 Å². The van der Waals surface area contributed by atoms with E-state index in [1.807, 2.05) is 31.2 Å². The van der Waals surface area contributed by atoms with Crippen LogP contribution in [0.25, 0.3) is 0 Å². The topological polar surface area (TPSA) is 29.5 Å². The summed E-state index contributed by atoms with van der Waals surface area (Å²) in [6.45, 7) is 5.24. The molecule has 3 heteroatoms. The van der Waals surface area contributed by atoms with Crippen LogP contribution in [0.1, 0.15) is 37.0 Å². The third kappa shape index (κ3) is 2.56. The van der Waals surface area contributed by atoms with Gasteiger partial charge in [-0.05, 0) is 57.5 Å². The van der Waals surface area contributed by atoms with E-state index in [4.69, 9.17) is 4.74 Å². The van der Waals surface area contributed by atoms with Gasteiger partial charge in [-0.2, -0.15) is 0 Å². The molecule has 1 aromatic rings. The van der Waals surface area contributed by atoms with Crippen molar-refractivity contribution in [3.05, 3.63) is 29.8 Å². The fraction of sp³-hybridized carbons (Fsp3) is 0.533. The molecule has 1 aromatic carbocycles. The van der Waals surface area contributed by atoms with Gasteiger partial charge in [0.25, 0.3) is 0 Å². The molecule has 3 nitrogen and oxygen atoms in total. The summed E-state index contributed by atoms with van der Waals surface area (Å²) in [6, 6.07) is 7.86. The van der Waals surface area contributed by atoms with Gasteiger partial charge in [0.05, 0.1) is 13.2 Å². The van der Waals surface area contributed by atoms with Crippen LogP contribution in [0.3, 0.4) is 0 Å². The Kier molecular flexibility index (Phi) is 4.02. The number of carbonyl (C=O) groups excluding carboxylic acids is 1. The van der Waals surface area contributed by atoms with Crippen molar-refractivity contribution in [2.45, 2.75) is 38.8 Å². The number of nitrogens with zero attached hydrogens (tertiary/aromatic N) is 1. The first-order chi connectivity index (χ1) is 8.63. The maximum Gasteiger partial charge on any atom is 0.179 e. The molecule has 2 atom stereocenters. The lowest BCUT2D eigenvalue weighted by Gasteiger charge is -2.27. The standard InChI is InChI=1S/C15H21NO2/c1-11-5-4-10-16(11)12(2)15(17)13-6-8-14(18-3)9-7-13/h6-9,11-12H,4-5,10H2,1-3H3. The lowest BCUT2D eigenvalue weighted by Crippen LogP contribution is -2.40. The van der Waals surface area contributed by atoms with Gasteiger partial charge in [0.1, 0.15) is 5.75 Å². The van der Waals surface area contributed by atoms with Gasteiger partial charge in [0.2, 0.25) is 0 Å². The van der Waals surface area contributed by atoms with Crippen molar-refractivity contribution in [3.63, 3.8) is 0 Å². The molecule has 0 N–H and O–H groups in total. The zero-order valence-corrected chi connectivity index (χ0v) is 11.3. The van der Waals surface area contributed by atoms with E-state index in [0.717, 1.165) is 17.9 Å². The molecule has 0 aromatic heterocycles. The summed E-state index contributed by atoms with van der Waals surface area (Å²) in [6.07, 6.45) is 2.39. The van der Waals surface area contributed by atoms with Gasteiger partial charge in [0.15, 0.2) is 5.78 Å². The first-order valence-electron chi connectivity index (χ1n) is 6.57. The second kappa shape index (κ2) is 5.53. The molecular weight excluding hydrogens is 226 g/mol. The van der Waals surface area contributed by atoms with E-state index in [9.17, 15) is 4.79 Å². The zero-order valence-electron chi connectivity index (χ0n) is 11.3. The smallest absolute Gasteiger partial charge is 0.179 e. The number of ether oxygens (including phenoxy) is 1. The predicted octanol–water partition coefficient (Wildman–Crippen LogP) is 2.75. The highest BCUT2D eigenvalue weighted by Gasteiger charge is 2.29. The van der Waals surface area contributed by atoms with Crippen LogP contribution in [0, 0.1) is 0 Å². The van der Waals surface area contributed by atoms with Crippen LogP contribution in [0.5, 0.6) is 5.75 Å². The molecule has 1 saturated heterocycles. The van der Waals surface area contributed by atoms with Gasteiger partial charge < -0.3 is 4.74 Å². The van der Waals surface area contributed by atoms with Crippen molar-refractivity contribution >= 4 is 5.78 Å². The molecule has 1 fully saturated rings. The average Bonchev–Trinajstić information content (AvgIpc) is 2.83. The van der Waals surface area contributed by atoms with Crippen LogP contribution in [0.4, 0.5) is 0 Å². The Labute approximate surface area is 109 Å². The largest absolute Gasteiger partial charge is 0.497 e. The summed E-state index contributed by atoms with van der Waals surface area (Å²) in [4.78, 5) is 14.7. The van der Waals surface area contributed by atoms with Crippen LogP contribution in [-0.2, 0) is 0 Å². The minimum Gasteiger partial charge on any atom is -0.497 e. The fourth-order valence-electron chi connectivity index (χ4n) is 2.68. The number of rotatable bonds is 4. The number of hydrogen-bond acceptors (Lipinski definition) is 3. The third-order valence-electron chi connectivity index (χ3n) is 3.86. The second-order valence-electron chi connectivity index (χ2n) is 5.00. The minimum atomic E-state index is -0.0316. The fourth-order valence-corrected chi connectivity index (χ4v) is 2.68. The highest BCUT2D eigenvalue weighted by molar-refractivity contribution is 6.00. The molecule has 0 spiro atoms. The summed E-state index contributed by atoms with van der Waals surface area (Å²) in [5.41, 5.74) is 0.766. The zero-order chi connectivity index (χ0) is 13.1. The van der Waals surface area contributed by atoms with E-state index in [0.29, 0.717) is 6.04 Å². The molecule has 0 bridgehead atoms. The van der Waals surface area contributed by atoms with Gasteiger partial charge in [0, 0.05) is 11.6 Å². The Morgan fingerprint density at radius 3 is 2.56 bits per heavy atom. The van der Waals surface area contributed by atoms with Crippen LogP contribution >= 0.6 is 0 Å². The number of benzene rings is 1. The monoisotopic (exact) mass is 247 g/mol. The van der Waals surface area contributed by atoms with Gasteiger partial charge in [-0.25, -0.2) is 0 Å². The summed E-state index contributed by atoms with van der Waals surface area (Å²) in [5, 5.41) is 0. The van der Waals surface area contributed by atoms with Gasteiger partial charge in [-0.3, -0.25) is 9.69 Å². The van der Waals surface area contributed by atoms with Crippen LogP contribution in [0.15, 0.2) is 24.3 Å². The number of ketones is 1. The number of carbonyl (C=O) groups is 1. The number of likely N-dealkylation sites (tertiary alicyclic amines) is 1. The summed E-state index contributed by atoms with van der Waals surface area (Å²) in [7, 11) is 1.63. The van der Waals surface area contributed by atoms with Crippen molar-refractivity contribution in [2.24, 2.45) is 0 Å². The number of Topliss-reactive ketones (excluding diaryl/α,β-unsaturated/α-hetero) is 1. The molecule has 2 unspecified atom stereocenters. The molecule has 0 amide bonds. The first kappa shape index (κ1) is 13.1. The summed E-state index contributed by atoms with van der Waals surface area (Å²) in [5.74, 6) is 0.986. The maximum absolute atomic E-state index is 12.4. The molecular formula is C15H21NO2. The summed E-state index contributed by atoms with van der Waals surface area (Å²) < 4.78 is 5.10. The maximum atomic E-state index is 12.4. The molecule has 0 radical (unpaired) electrons. The van der Waals surface area contributed by atoms with E-state index in [2.05, 4.69) is 11.8 Å². The van der Waals surface area contributed by atoms with Crippen LogP contribution in [-0.4, -0.2) is 36.4 Å². The molecule has 1 heterocycles. The molecule has 1 aliphatic heterocycles. The Morgan fingerprint density at radius 1 is 1.39 bits per heavy atom. The van der Waals surface area contributed by atoms with E-state index >= 15 is 0 Å². The molecule has 18 heavy (non-hydrogen) atoms. The lowest BCUT2D eigenvalue weighted by atomic mass is 10.0. The lowest BCUT2D eigenvalue weighted by molar-refractivity contribution is 0.0829. The van der Waals surface area contributed by atoms with Crippen molar-refractivity contribution in [1.29, 1.82) is 0 Å². The van der Waals surface area contributed by atoms with Crippen molar-refractivity contribution in [2.75, 3.05) is 13.7 Å². The molecule has 0 aliphatic carbocycles. The van der Waals surface area contributed by atoms with Gasteiger partial charge in [-0.15, -0.1) is 0 Å². The Bertz CT molecular complexity index is 413. The van der Waals surface area contributed by atoms with E-state index in [1.54, 1.807) is 7.11 Å². The third-order valence-corrected chi connectivity index (χ3v) is 3.86. The average molecular weight is 247 g/mol. The molecule has 98 valence electrons. The Morgan fingerprint density at radius 2 is 2.06 bits per heavy atom. The normalized spacial score (nSPS) is 21.8. The first-order valence-corrected chi connectivity index (χ1v) is 6.57. The van der Waals surface area contributed by atoms with E-state index < -0.39 is 0 Å². The summed E-state index contributed by atoms with van der Waals surface area (Å²) >= 11 is 0. The van der Waals surface area contributed by atoms with Gasteiger partial charge >= 0.3 is 0 Å². The van der Waals surface area contributed by atoms with E-state index in [-0.39, 0.29) is 11.8 Å². The SMILES string of the molecule is COc1ccc(C(=O)C(C)N2CCCC2C)cc1.